The van der Waals surface area contributed by atoms with Crippen LogP contribution in [0.5, 0.6) is 0 Å². The van der Waals surface area contributed by atoms with E-state index in [0.29, 0.717) is 6.04 Å². The third kappa shape index (κ3) is 2.89. The second-order valence-electron chi connectivity index (χ2n) is 5.59. The summed E-state index contributed by atoms with van der Waals surface area (Å²) in [6, 6.07) is 0.454. The van der Waals surface area contributed by atoms with Crippen LogP contribution in [0.3, 0.4) is 0 Å². The fourth-order valence-electron chi connectivity index (χ4n) is 3.04. The average molecular weight is 252 g/mol. The van der Waals surface area contributed by atoms with Crippen LogP contribution in [-0.4, -0.2) is 12.0 Å². The largest absolute Gasteiger partial charge is 0.311 e. The van der Waals surface area contributed by atoms with Crippen molar-refractivity contribution in [1.29, 1.82) is 0 Å². The van der Waals surface area contributed by atoms with Crippen LogP contribution in [0.15, 0.2) is 5.38 Å². The monoisotopic (exact) mass is 252 g/mol. The number of aromatic nitrogens is 1. The molecule has 1 aromatic heterocycles. The fourth-order valence-corrected chi connectivity index (χ4v) is 3.69. The summed E-state index contributed by atoms with van der Waals surface area (Å²) >= 11 is 1.76. The molecule has 1 aromatic rings. The molecule has 4 atom stereocenters. The highest BCUT2D eigenvalue weighted by atomic mass is 32.1. The van der Waals surface area contributed by atoms with Crippen molar-refractivity contribution in [2.45, 2.75) is 46.1 Å². The van der Waals surface area contributed by atoms with Crippen molar-refractivity contribution in [2.75, 3.05) is 7.05 Å². The Morgan fingerprint density at radius 1 is 1.35 bits per heavy atom. The zero-order valence-electron chi connectivity index (χ0n) is 11.4. The molecule has 0 aliphatic heterocycles. The Hall–Kier alpha value is -0.410. The summed E-state index contributed by atoms with van der Waals surface area (Å²) in [5.74, 6) is 2.50. The fraction of sp³-hybridized carbons (Fsp3) is 0.786. The van der Waals surface area contributed by atoms with Gasteiger partial charge in [-0.3, -0.25) is 0 Å². The van der Waals surface area contributed by atoms with Gasteiger partial charge in [-0.1, -0.05) is 20.3 Å². The summed E-state index contributed by atoms with van der Waals surface area (Å²) in [4.78, 5) is 4.66. The van der Waals surface area contributed by atoms with Gasteiger partial charge in [-0.15, -0.1) is 11.3 Å². The minimum absolute atomic E-state index is 0.454. The van der Waals surface area contributed by atoms with Crippen LogP contribution in [0.25, 0.3) is 0 Å². The maximum absolute atomic E-state index is 4.66. The van der Waals surface area contributed by atoms with Crippen LogP contribution in [0.4, 0.5) is 0 Å². The van der Waals surface area contributed by atoms with Crippen LogP contribution in [0.2, 0.25) is 0 Å². The molecule has 1 aliphatic rings. The Balaban J connectivity index is 2.08. The topological polar surface area (TPSA) is 24.9 Å². The van der Waals surface area contributed by atoms with E-state index in [1.807, 2.05) is 0 Å². The predicted octanol–water partition coefficient (Wildman–Crippen LogP) is 3.78. The number of aryl methyl sites for hydroxylation is 1. The Kier molecular flexibility index (Phi) is 4.21. The SMILES string of the molecule is CNC(c1csc(C)n1)C1CCC(C)C(C)C1. The lowest BCUT2D eigenvalue weighted by Crippen LogP contribution is -2.31. The molecule has 3 heteroatoms. The second kappa shape index (κ2) is 5.49. The van der Waals surface area contributed by atoms with Crippen LogP contribution >= 0.6 is 11.3 Å². The van der Waals surface area contributed by atoms with Gasteiger partial charge in [-0.25, -0.2) is 4.98 Å². The van der Waals surface area contributed by atoms with E-state index >= 15 is 0 Å². The highest BCUT2D eigenvalue weighted by molar-refractivity contribution is 7.09. The van der Waals surface area contributed by atoms with Crippen molar-refractivity contribution in [3.8, 4) is 0 Å². The predicted molar refractivity (Wildman–Crippen MR) is 74.3 cm³/mol. The molecule has 4 unspecified atom stereocenters. The zero-order valence-corrected chi connectivity index (χ0v) is 12.2. The molecule has 2 rings (SSSR count). The smallest absolute Gasteiger partial charge is 0.0898 e. The molecule has 96 valence electrons. The maximum Gasteiger partial charge on any atom is 0.0898 e. The highest BCUT2D eigenvalue weighted by Crippen LogP contribution is 2.39. The number of nitrogens with one attached hydrogen (secondary N) is 1. The molecule has 17 heavy (non-hydrogen) atoms. The van der Waals surface area contributed by atoms with E-state index in [2.05, 4.69) is 43.5 Å². The number of hydrogen-bond acceptors (Lipinski definition) is 3. The molecule has 1 N–H and O–H groups in total. The van der Waals surface area contributed by atoms with Crippen molar-refractivity contribution in [3.05, 3.63) is 16.1 Å². The molecule has 1 fully saturated rings. The minimum Gasteiger partial charge on any atom is -0.311 e. The van der Waals surface area contributed by atoms with E-state index in [9.17, 15) is 0 Å². The lowest BCUT2D eigenvalue weighted by Gasteiger charge is -2.36. The van der Waals surface area contributed by atoms with Crippen LogP contribution in [0, 0.1) is 24.7 Å². The van der Waals surface area contributed by atoms with E-state index in [1.165, 1.54) is 30.0 Å². The van der Waals surface area contributed by atoms with Gasteiger partial charge in [-0.2, -0.15) is 0 Å². The Morgan fingerprint density at radius 3 is 2.65 bits per heavy atom. The van der Waals surface area contributed by atoms with Gasteiger partial charge in [0.15, 0.2) is 0 Å². The van der Waals surface area contributed by atoms with E-state index in [-0.39, 0.29) is 0 Å². The third-order valence-corrected chi connectivity index (χ3v) is 5.17. The second-order valence-corrected chi connectivity index (χ2v) is 6.65. The van der Waals surface area contributed by atoms with Gasteiger partial charge in [0, 0.05) is 5.38 Å². The molecule has 0 saturated heterocycles. The molecule has 0 radical (unpaired) electrons. The van der Waals surface area contributed by atoms with Crippen LogP contribution in [-0.2, 0) is 0 Å². The van der Waals surface area contributed by atoms with Crippen LogP contribution in [0.1, 0.15) is 49.9 Å². The number of hydrogen-bond donors (Lipinski definition) is 1. The van der Waals surface area contributed by atoms with Gasteiger partial charge >= 0.3 is 0 Å². The highest BCUT2D eigenvalue weighted by Gasteiger charge is 2.31. The van der Waals surface area contributed by atoms with Crippen molar-refractivity contribution in [2.24, 2.45) is 17.8 Å². The molecule has 1 heterocycles. The van der Waals surface area contributed by atoms with Crippen molar-refractivity contribution in [3.63, 3.8) is 0 Å². The molecule has 0 aromatic carbocycles. The Bertz CT molecular complexity index is 361. The van der Waals surface area contributed by atoms with Crippen molar-refractivity contribution >= 4 is 11.3 Å². The standard InChI is InChI=1S/C14H24N2S/c1-9-5-6-12(7-10(9)2)14(15-4)13-8-17-11(3)16-13/h8-10,12,14-15H,5-7H2,1-4H3. The Labute approximate surface area is 109 Å². The van der Waals surface area contributed by atoms with E-state index in [0.717, 1.165) is 17.8 Å². The van der Waals surface area contributed by atoms with E-state index in [1.54, 1.807) is 11.3 Å². The Morgan fingerprint density at radius 2 is 2.12 bits per heavy atom. The normalized spacial score (nSPS) is 31.4. The first-order valence-electron chi connectivity index (χ1n) is 6.71. The van der Waals surface area contributed by atoms with Crippen LogP contribution < -0.4 is 5.32 Å². The first-order valence-corrected chi connectivity index (χ1v) is 7.59. The van der Waals surface area contributed by atoms with Crippen molar-refractivity contribution < 1.29 is 0 Å². The lowest BCUT2D eigenvalue weighted by atomic mass is 9.73. The number of thiazole rings is 1. The van der Waals surface area contributed by atoms with Gasteiger partial charge < -0.3 is 5.32 Å². The summed E-state index contributed by atoms with van der Waals surface area (Å²) in [5.41, 5.74) is 1.25. The lowest BCUT2D eigenvalue weighted by molar-refractivity contribution is 0.173. The molecular formula is C14H24N2S. The zero-order chi connectivity index (χ0) is 12.4. The quantitative estimate of drug-likeness (QED) is 0.885. The molecule has 1 saturated carbocycles. The average Bonchev–Trinajstić information content (AvgIpc) is 2.71. The van der Waals surface area contributed by atoms with Gasteiger partial charge in [0.2, 0.25) is 0 Å². The van der Waals surface area contributed by atoms with Gasteiger partial charge in [0.05, 0.1) is 16.7 Å². The summed E-state index contributed by atoms with van der Waals surface area (Å²) in [7, 11) is 2.07. The van der Waals surface area contributed by atoms with E-state index < -0.39 is 0 Å². The number of rotatable bonds is 3. The molecular weight excluding hydrogens is 228 g/mol. The van der Waals surface area contributed by atoms with Gasteiger partial charge in [-0.05, 0) is 44.6 Å². The van der Waals surface area contributed by atoms with Crippen molar-refractivity contribution in [1.82, 2.24) is 10.3 Å². The summed E-state index contributed by atoms with van der Waals surface area (Å²) < 4.78 is 0. The number of nitrogens with zero attached hydrogens (tertiary/aromatic N) is 1. The molecule has 1 aliphatic carbocycles. The molecule has 0 spiro atoms. The minimum atomic E-state index is 0.454. The summed E-state index contributed by atoms with van der Waals surface area (Å²) in [5, 5.41) is 6.88. The molecule has 0 amide bonds. The first-order chi connectivity index (χ1) is 8.11. The maximum atomic E-state index is 4.66. The van der Waals surface area contributed by atoms with E-state index in [4.69, 9.17) is 0 Å². The molecule has 2 nitrogen and oxygen atoms in total. The van der Waals surface area contributed by atoms with Gasteiger partial charge in [0.1, 0.15) is 0 Å². The summed E-state index contributed by atoms with van der Waals surface area (Å²) in [6.45, 7) is 6.88. The molecule has 0 bridgehead atoms. The first kappa shape index (κ1) is 13.0. The van der Waals surface area contributed by atoms with Gasteiger partial charge in [0.25, 0.3) is 0 Å². The summed E-state index contributed by atoms with van der Waals surface area (Å²) in [6.07, 6.45) is 4.05. The third-order valence-electron chi connectivity index (χ3n) is 4.38.